The summed E-state index contributed by atoms with van der Waals surface area (Å²) in [4.78, 5) is 51.8. The maximum Gasteiger partial charge on any atom is 0.320 e. The highest BCUT2D eigenvalue weighted by Gasteiger charge is 2.79. The van der Waals surface area contributed by atoms with E-state index >= 15 is 0 Å². The van der Waals surface area contributed by atoms with Crippen molar-refractivity contribution in [1.29, 1.82) is 0 Å². The molecule has 2 aliphatic heterocycles. The lowest BCUT2D eigenvalue weighted by Gasteiger charge is -2.59. The van der Waals surface area contributed by atoms with Gasteiger partial charge in [-0.3, -0.25) is 19.2 Å². The fraction of sp³-hybridized carbons (Fsp3) is 0.800. The van der Waals surface area contributed by atoms with Gasteiger partial charge in [-0.2, -0.15) is 0 Å². The molecule has 0 radical (unpaired) electrons. The Labute approximate surface area is 152 Å². The molecule has 0 aromatic heterocycles. The molecular formula is C20H24O6. The Hall–Kier alpha value is -1.72. The number of hydrogen-bond acceptors (Lipinski definition) is 6. The maximum absolute atomic E-state index is 13.2. The van der Waals surface area contributed by atoms with Crippen molar-refractivity contribution >= 4 is 23.5 Å². The van der Waals surface area contributed by atoms with E-state index in [0.717, 1.165) is 6.42 Å². The highest BCUT2D eigenvalue weighted by atomic mass is 16.6. The molecule has 3 unspecified atom stereocenters. The molecule has 3 aliphatic carbocycles. The third-order valence-corrected chi connectivity index (χ3v) is 8.48. The maximum atomic E-state index is 13.2. The summed E-state index contributed by atoms with van der Waals surface area (Å²) in [6.45, 7) is 5.63. The topological polar surface area (TPSA) is 86.7 Å². The largest absolute Gasteiger partial charge is 0.465 e. The third-order valence-electron chi connectivity index (χ3n) is 8.48. The molecule has 0 aromatic carbocycles. The van der Waals surface area contributed by atoms with E-state index in [2.05, 4.69) is 0 Å². The van der Waals surface area contributed by atoms with Crippen LogP contribution in [0.3, 0.4) is 0 Å². The van der Waals surface area contributed by atoms with Crippen LogP contribution in [0.4, 0.5) is 0 Å². The Morgan fingerprint density at radius 1 is 1.08 bits per heavy atom. The molecule has 2 saturated heterocycles. The summed E-state index contributed by atoms with van der Waals surface area (Å²) in [5, 5.41) is 0. The lowest BCUT2D eigenvalue weighted by atomic mass is 9.44. The zero-order chi connectivity index (χ0) is 18.6. The second-order valence-electron chi connectivity index (χ2n) is 9.61. The number of carbonyl (C=O) groups is 4. The van der Waals surface area contributed by atoms with Gasteiger partial charge >= 0.3 is 11.9 Å². The molecule has 26 heavy (non-hydrogen) atoms. The summed E-state index contributed by atoms with van der Waals surface area (Å²) in [5.74, 6) is -1.86. The van der Waals surface area contributed by atoms with Gasteiger partial charge in [0.25, 0.3) is 0 Å². The first kappa shape index (κ1) is 16.5. The molecule has 6 heteroatoms. The van der Waals surface area contributed by atoms with Crippen molar-refractivity contribution in [3.05, 3.63) is 0 Å². The van der Waals surface area contributed by atoms with Crippen molar-refractivity contribution in [2.45, 2.75) is 52.6 Å². The number of fused-ring (bicyclic) bond motifs is 1. The average Bonchev–Trinajstić information content (AvgIpc) is 3.03. The fourth-order valence-corrected chi connectivity index (χ4v) is 7.18. The van der Waals surface area contributed by atoms with E-state index in [0.29, 0.717) is 12.8 Å². The van der Waals surface area contributed by atoms with E-state index < -0.39 is 34.2 Å². The number of ketones is 2. The van der Waals surface area contributed by atoms with E-state index in [9.17, 15) is 19.2 Å². The van der Waals surface area contributed by atoms with Gasteiger partial charge in [-0.05, 0) is 31.1 Å². The number of esters is 2. The van der Waals surface area contributed by atoms with Gasteiger partial charge < -0.3 is 9.47 Å². The van der Waals surface area contributed by atoms with E-state index in [1.165, 1.54) is 0 Å². The zero-order valence-electron chi connectivity index (χ0n) is 15.4. The SMILES string of the molecule is C[C@H]1C(=O)C23CC1CC[C@H]2C12COC(=O)[C@@H]1C(C)(C)C(=O)C[C@@H]2OC3=O. The molecular weight excluding hydrogens is 336 g/mol. The molecule has 0 N–H and O–H groups in total. The minimum atomic E-state index is -1.15. The minimum absolute atomic E-state index is 0.0318. The Bertz CT molecular complexity index is 768. The molecule has 2 heterocycles. The highest BCUT2D eigenvalue weighted by Crippen LogP contribution is 2.70. The molecule has 2 spiro atoms. The summed E-state index contributed by atoms with van der Waals surface area (Å²) in [5.41, 5.74) is -2.78. The third kappa shape index (κ3) is 1.49. The number of cyclic esters (lactones) is 1. The Kier molecular flexibility index (Phi) is 2.89. The molecule has 7 atom stereocenters. The van der Waals surface area contributed by atoms with Gasteiger partial charge in [-0.1, -0.05) is 20.8 Å². The van der Waals surface area contributed by atoms with Gasteiger partial charge in [0.2, 0.25) is 0 Å². The summed E-state index contributed by atoms with van der Waals surface area (Å²) >= 11 is 0. The van der Waals surface area contributed by atoms with E-state index in [1.54, 1.807) is 13.8 Å². The Morgan fingerprint density at radius 2 is 1.81 bits per heavy atom. The van der Waals surface area contributed by atoms with Crippen molar-refractivity contribution in [1.82, 2.24) is 0 Å². The van der Waals surface area contributed by atoms with E-state index in [4.69, 9.17) is 9.47 Å². The molecule has 140 valence electrons. The lowest BCUT2D eigenvalue weighted by molar-refractivity contribution is -0.228. The minimum Gasteiger partial charge on any atom is -0.465 e. The van der Waals surface area contributed by atoms with Crippen LogP contribution in [0.15, 0.2) is 0 Å². The molecule has 5 rings (SSSR count). The number of rotatable bonds is 0. The van der Waals surface area contributed by atoms with Gasteiger partial charge in [-0.15, -0.1) is 0 Å². The Balaban J connectivity index is 1.73. The van der Waals surface area contributed by atoms with Crippen LogP contribution in [-0.2, 0) is 28.7 Å². The summed E-state index contributed by atoms with van der Waals surface area (Å²) in [6.07, 6.45) is 1.54. The molecule has 2 bridgehead atoms. The van der Waals surface area contributed by atoms with Crippen LogP contribution in [0.5, 0.6) is 0 Å². The molecule has 0 amide bonds. The van der Waals surface area contributed by atoms with Crippen LogP contribution in [0.2, 0.25) is 0 Å². The van der Waals surface area contributed by atoms with Gasteiger partial charge in [0.1, 0.15) is 23.9 Å². The Morgan fingerprint density at radius 3 is 2.54 bits per heavy atom. The normalized spacial score (nSPS) is 51.3. The number of carbonyl (C=O) groups excluding carboxylic acids is 4. The highest BCUT2D eigenvalue weighted by molar-refractivity contribution is 6.08. The number of ether oxygens (including phenoxy) is 2. The first-order valence-electron chi connectivity index (χ1n) is 9.62. The van der Waals surface area contributed by atoms with Crippen LogP contribution in [0.1, 0.15) is 46.5 Å². The predicted octanol–water partition coefficient (Wildman–Crippen LogP) is 1.69. The van der Waals surface area contributed by atoms with E-state index in [1.807, 2.05) is 6.92 Å². The van der Waals surface area contributed by atoms with Crippen molar-refractivity contribution in [3.8, 4) is 0 Å². The van der Waals surface area contributed by atoms with Crippen LogP contribution < -0.4 is 0 Å². The zero-order valence-corrected chi connectivity index (χ0v) is 15.4. The van der Waals surface area contributed by atoms with Crippen LogP contribution in [-0.4, -0.2) is 36.2 Å². The van der Waals surface area contributed by atoms with E-state index in [-0.39, 0.29) is 48.3 Å². The van der Waals surface area contributed by atoms with Crippen LogP contribution in [0, 0.1) is 39.9 Å². The van der Waals surface area contributed by atoms with Crippen molar-refractivity contribution < 1.29 is 28.7 Å². The van der Waals surface area contributed by atoms with Crippen LogP contribution in [0.25, 0.3) is 0 Å². The van der Waals surface area contributed by atoms with Gasteiger partial charge in [0.15, 0.2) is 5.78 Å². The second kappa shape index (κ2) is 4.57. The van der Waals surface area contributed by atoms with Crippen molar-refractivity contribution in [2.75, 3.05) is 6.61 Å². The smallest absolute Gasteiger partial charge is 0.320 e. The second-order valence-corrected chi connectivity index (χ2v) is 9.61. The first-order chi connectivity index (χ1) is 12.2. The number of hydrogen-bond donors (Lipinski definition) is 0. The fourth-order valence-electron chi connectivity index (χ4n) is 7.18. The molecule has 0 aromatic rings. The monoisotopic (exact) mass is 360 g/mol. The average molecular weight is 360 g/mol. The van der Waals surface area contributed by atoms with Gasteiger partial charge in [0.05, 0.1) is 11.3 Å². The summed E-state index contributed by atoms with van der Waals surface area (Å²) in [6, 6.07) is 0. The first-order valence-corrected chi connectivity index (χ1v) is 9.62. The lowest BCUT2D eigenvalue weighted by Crippen LogP contribution is -2.69. The number of Topliss-reactive ketones (excluding diaryl/α,β-unsaturated/α-hetero) is 2. The van der Waals surface area contributed by atoms with Gasteiger partial charge in [-0.25, -0.2) is 0 Å². The van der Waals surface area contributed by atoms with Crippen molar-refractivity contribution in [2.24, 2.45) is 39.9 Å². The molecule has 6 nitrogen and oxygen atoms in total. The summed E-state index contributed by atoms with van der Waals surface area (Å²) in [7, 11) is 0. The van der Waals surface area contributed by atoms with Crippen LogP contribution >= 0.6 is 0 Å². The molecule has 5 aliphatic rings. The van der Waals surface area contributed by atoms with Gasteiger partial charge in [0, 0.05) is 17.8 Å². The predicted molar refractivity (Wildman–Crippen MR) is 87.6 cm³/mol. The summed E-state index contributed by atoms with van der Waals surface area (Å²) < 4.78 is 11.3. The standard InChI is InChI=1S/C20H24O6/c1-9-10-4-5-11-19(7-10,15(9)22)17(24)26-13-6-12(21)18(2,3)14-16(23)25-8-20(11,13)14/h9-11,13-14H,4-8H2,1-3H3/t9-,10?,11-,13+,14-,19?,20?/m1/s1. The quantitative estimate of drug-likeness (QED) is 0.483. The molecule has 3 saturated carbocycles. The van der Waals surface area contributed by atoms with Crippen molar-refractivity contribution in [3.63, 3.8) is 0 Å². The molecule has 5 fully saturated rings.